The molecule has 0 saturated heterocycles. The van der Waals surface area contributed by atoms with E-state index >= 15 is 0 Å². The lowest BCUT2D eigenvalue weighted by molar-refractivity contribution is -0.162. The second-order valence-electron chi connectivity index (χ2n) is 12.6. The molecular formula is C35H56O9. The molecule has 44 heavy (non-hydrogen) atoms. The second-order valence-corrected chi connectivity index (χ2v) is 12.6. The third-order valence-electron chi connectivity index (χ3n) is 8.65. The molecule has 0 amide bonds. The fourth-order valence-corrected chi connectivity index (χ4v) is 5.38. The highest BCUT2D eigenvalue weighted by atomic mass is 16.6. The molecule has 0 spiro atoms. The average molecular weight is 621 g/mol. The Kier molecular flexibility index (Phi) is 16.5. The van der Waals surface area contributed by atoms with E-state index in [0.29, 0.717) is 16.7 Å². The fourth-order valence-electron chi connectivity index (χ4n) is 5.38. The van der Waals surface area contributed by atoms with Crippen molar-refractivity contribution in [2.75, 3.05) is 14.2 Å². The van der Waals surface area contributed by atoms with Crippen LogP contribution < -0.4 is 0 Å². The number of Topliss-reactive ketones (excluding diaryl/α,β-unsaturated/α-hetero) is 1. The first-order valence-electron chi connectivity index (χ1n) is 15.4. The van der Waals surface area contributed by atoms with Gasteiger partial charge < -0.3 is 34.6 Å². The Hall–Kier alpha value is -2.56. The van der Waals surface area contributed by atoms with E-state index < -0.39 is 60.3 Å². The van der Waals surface area contributed by atoms with Gasteiger partial charge in [0.1, 0.15) is 18.0 Å². The Balaban J connectivity index is 3.51. The summed E-state index contributed by atoms with van der Waals surface area (Å²) in [6, 6.07) is 0. The average Bonchev–Trinajstić information content (AvgIpc) is 2.99. The number of allylic oxidation sites excluding steroid dienone is 5. The minimum atomic E-state index is -1.19. The van der Waals surface area contributed by atoms with E-state index in [-0.39, 0.29) is 29.8 Å². The standard InChI is InChI=1S/C35H56O9/c1-19(2)30(37)22(5)15-16-27(36)24(7)33(40)26(9)34-28(42-10)14-12-13-21(4)31(38)25(8)32(39)23(6)17-20(3)18-29(43-11)35(41)44-34/h12-15,17-19,23-26,28,30-34,37-40H,16H2,1-11H3/b14-12+,20-17-,21-13+,22-15+,29-18+/t23-,24-,25+,26+,28+,30-,31-,32-,33+,34+/m1/s1. The van der Waals surface area contributed by atoms with Crippen LogP contribution in [-0.2, 0) is 23.8 Å². The van der Waals surface area contributed by atoms with Crippen molar-refractivity contribution in [1.82, 2.24) is 0 Å². The van der Waals surface area contributed by atoms with Crippen molar-refractivity contribution in [2.24, 2.45) is 29.6 Å². The third-order valence-corrected chi connectivity index (χ3v) is 8.65. The molecule has 0 aromatic rings. The maximum absolute atomic E-state index is 13.4. The highest BCUT2D eigenvalue weighted by Gasteiger charge is 2.38. The van der Waals surface area contributed by atoms with E-state index in [1.807, 2.05) is 20.8 Å². The third kappa shape index (κ3) is 11.1. The lowest BCUT2D eigenvalue weighted by atomic mass is 9.83. The van der Waals surface area contributed by atoms with Gasteiger partial charge in [0.15, 0.2) is 0 Å². The zero-order valence-electron chi connectivity index (χ0n) is 28.4. The van der Waals surface area contributed by atoms with Gasteiger partial charge >= 0.3 is 5.97 Å². The Morgan fingerprint density at radius 1 is 1.09 bits per heavy atom. The molecule has 250 valence electrons. The summed E-state index contributed by atoms with van der Waals surface area (Å²) in [5.41, 5.74) is 1.95. The van der Waals surface area contributed by atoms with Crippen molar-refractivity contribution in [3.05, 3.63) is 58.9 Å². The van der Waals surface area contributed by atoms with Crippen LogP contribution in [0.5, 0.6) is 0 Å². The predicted octanol–water partition coefficient (Wildman–Crippen LogP) is 4.46. The van der Waals surface area contributed by atoms with Gasteiger partial charge in [-0.05, 0) is 43.9 Å². The smallest absolute Gasteiger partial charge is 0.373 e. The molecular weight excluding hydrogens is 564 g/mol. The largest absolute Gasteiger partial charge is 0.490 e. The molecule has 0 aromatic carbocycles. The number of ether oxygens (including phenoxy) is 3. The van der Waals surface area contributed by atoms with Crippen LogP contribution in [0, 0.1) is 29.6 Å². The number of hydrogen-bond donors (Lipinski definition) is 4. The van der Waals surface area contributed by atoms with Crippen LogP contribution in [0.3, 0.4) is 0 Å². The predicted molar refractivity (Wildman–Crippen MR) is 171 cm³/mol. The Labute approximate surface area is 264 Å². The molecule has 10 atom stereocenters. The van der Waals surface area contributed by atoms with Gasteiger partial charge in [0, 0.05) is 37.2 Å². The van der Waals surface area contributed by atoms with Crippen molar-refractivity contribution >= 4 is 11.8 Å². The molecule has 0 radical (unpaired) electrons. The number of esters is 1. The van der Waals surface area contributed by atoms with Crippen molar-refractivity contribution in [3.63, 3.8) is 0 Å². The quantitative estimate of drug-likeness (QED) is 0.206. The topological polar surface area (TPSA) is 143 Å². The maximum atomic E-state index is 13.4. The molecule has 0 saturated carbocycles. The number of hydrogen-bond acceptors (Lipinski definition) is 9. The van der Waals surface area contributed by atoms with Crippen molar-refractivity contribution in [1.29, 1.82) is 0 Å². The van der Waals surface area contributed by atoms with Crippen LogP contribution in [0.4, 0.5) is 0 Å². The lowest BCUT2D eigenvalue weighted by Gasteiger charge is -2.34. The van der Waals surface area contributed by atoms with Crippen LogP contribution in [0.2, 0.25) is 0 Å². The van der Waals surface area contributed by atoms with Gasteiger partial charge in [0.25, 0.3) is 0 Å². The molecule has 0 aromatic heterocycles. The fraction of sp³-hybridized carbons (Fsp3) is 0.657. The monoisotopic (exact) mass is 620 g/mol. The number of ketones is 1. The molecule has 1 rings (SSSR count). The van der Waals surface area contributed by atoms with E-state index in [1.54, 1.807) is 71.9 Å². The highest BCUT2D eigenvalue weighted by molar-refractivity contribution is 5.87. The Bertz CT molecular complexity index is 1100. The number of aliphatic hydroxyl groups excluding tert-OH is 4. The molecule has 1 aliphatic heterocycles. The van der Waals surface area contributed by atoms with E-state index in [4.69, 9.17) is 14.2 Å². The number of methoxy groups -OCH3 is 2. The number of cyclic esters (lactones) is 1. The minimum absolute atomic E-state index is 0.00677. The van der Waals surface area contributed by atoms with Crippen molar-refractivity contribution < 1.29 is 44.2 Å². The van der Waals surface area contributed by atoms with Crippen LogP contribution in [0.25, 0.3) is 0 Å². The SMILES string of the molecule is CO/C1=C/C(C)=C\[C@@H](C)[C@@H](O)[C@@H](C)[C@H](O)/C(C)=C/C=C/[C@H](OC)[C@H]([C@@H](C)[C@@H](O)[C@H](C)C(=O)C/C=C(\C)[C@H](O)C(C)C)OC1=O. The zero-order chi connectivity index (χ0) is 33.9. The van der Waals surface area contributed by atoms with Crippen molar-refractivity contribution in [3.8, 4) is 0 Å². The number of aliphatic hydroxyl groups is 4. The summed E-state index contributed by atoms with van der Waals surface area (Å²) in [6.07, 6.45) is 4.56. The maximum Gasteiger partial charge on any atom is 0.373 e. The molecule has 1 heterocycles. The lowest BCUT2D eigenvalue weighted by Crippen LogP contribution is -2.45. The molecule has 0 aliphatic carbocycles. The number of carbonyl (C=O) groups excluding carboxylic acids is 2. The molecule has 0 bridgehead atoms. The van der Waals surface area contributed by atoms with E-state index in [0.717, 1.165) is 0 Å². The molecule has 9 heteroatoms. The molecule has 1 aliphatic rings. The van der Waals surface area contributed by atoms with Crippen LogP contribution in [0.15, 0.2) is 58.9 Å². The summed E-state index contributed by atoms with van der Waals surface area (Å²) < 4.78 is 17.0. The van der Waals surface area contributed by atoms with Gasteiger partial charge in [-0.3, -0.25) is 4.79 Å². The van der Waals surface area contributed by atoms with Crippen LogP contribution >= 0.6 is 0 Å². The molecule has 0 fully saturated rings. The first kappa shape index (κ1) is 39.5. The van der Waals surface area contributed by atoms with Crippen LogP contribution in [0.1, 0.15) is 68.7 Å². The van der Waals surface area contributed by atoms with Gasteiger partial charge in [-0.2, -0.15) is 0 Å². The summed E-state index contributed by atoms with van der Waals surface area (Å²) >= 11 is 0. The number of rotatable bonds is 10. The van der Waals surface area contributed by atoms with Gasteiger partial charge in [0.05, 0.1) is 31.5 Å². The van der Waals surface area contributed by atoms with Crippen molar-refractivity contribution in [2.45, 2.75) is 105 Å². The van der Waals surface area contributed by atoms with Crippen LogP contribution in [-0.4, -0.2) is 83.0 Å². The van der Waals surface area contributed by atoms with Gasteiger partial charge in [-0.15, -0.1) is 0 Å². The Morgan fingerprint density at radius 2 is 1.70 bits per heavy atom. The summed E-state index contributed by atoms with van der Waals surface area (Å²) in [5.74, 6) is -3.46. The summed E-state index contributed by atoms with van der Waals surface area (Å²) in [7, 11) is 2.79. The van der Waals surface area contributed by atoms with Gasteiger partial charge in [-0.1, -0.05) is 77.5 Å². The molecule has 0 unspecified atom stereocenters. The summed E-state index contributed by atoms with van der Waals surface area (Å²) in [4.78, 5) is 26.5. The van der Waals surface area contributed by atoms with E-state index in [2.05, 4.69) is 0 Å². The van der Waals surface area contributed by atoms with Gasteiger partial charge in [0.2, 0.25) is 5.76 Å². The summed E-state index contributed by atoms with van der Waals surface area (Å²) in [6.45, 7) is 16.0. The minimum Gasteiger partial charge on any atom is -0.490 e. The number of carbonyl (C=O) groups is 2. The first-order chi connectivity index (χ1) is 20.5. The second kappa shape index (κ2) is 18.4. The zero-order valence-corrected chi connectivity index (χ0v) is 28.4. The highest BCUT2D eigenvalue weighted by Crippen LogP contribution is 2.28. The normalized spacial score (nSPS) is 33.4. The first-order valence-corrected chi connectivity index (χ1v) is 15.4. The Morgan fingerprint density at radius 3 is 2.25 bits per heavy atom. The summed E-state index contributed by atoms with van der Waals surface area (Å²) in [5, 5.41) is 43.4. The van der Waals surface area contributed by atoms with E-state index in [9.17, 15) is 30.0 Å². The molecule has 4 N–H and O–H groups in total. The molecule has 9 nitrogen and oxygen atoms in total. The van der Waals surface area contributed by atoms with Gasteiger partial charge in [-0.25, -0.2) is 4.79 Å². The van der Waals surface area contributed by atoms with E-state index in [1.165, 1.54) is 20.3 Å².